The van der Waals surface area contributed by atoms with Gasteiger partial charge >= 0.3 is 0 Å². The Morgan fingerprint density at radius 3 is 2.41 bits per heavy atom. The van der Waals surface area contributed by atoms with Gasteiger partial charge in [0.05, 0.1) is 5.69 Å². The van der Waals surface area contributed by atoms with Crippen LogP contribution in [0, 0.1) is 12.3 Å². The number of nitrogens with zero attached hydrogens (tertiary/aromatic N) is 1. The summed E-state index contributed by atoms with van der Waals surface area (Å²) in [6.07, 6.45) is 6.61. The number of rotatable bonds is 8. The summed E-state index contributed by atoms with van der Waals surface area (Å²) in [5.74, 6) is 2.00. The van der Waals surface area contributed by atoms with Crippen LogP contribution in [-0.2, 0) is 0 Å². The number of aryl methyl sites for hydroxylation is 1. The van der Waals surface area contributed by atoms with Gasteiger partial charge in [0.15, 0.2) is 0 Å². The lowest BCUT2D eigenvalue weighted by molar-refractivity contribution is 0.317. The molecular formula is C13H23NOS2. The molecule has 0 atom stereocenters. The van der Waals surface area contributed by atoms with Gasteiger partial charge in [-0.3, -0.25) is 0 Å². The van der Waals surface area contributed by atoms with Gasteiger partial charge in [0.2, 0.25) is 0 Å². The predicted octanol–water partition coefficient (Wildman–Crippen LogP) is 4.59. The van der Waals surface area contributed by atoms with Crippen molar-refractivity contribution in [2.75, 3.05) is 11.5 Å². The first kappa shape index (κ1) is 15.0. The van der Waals surface area contributed by atoms with E-state index in [0.29, 0.717) is 5.41 Å². The second kappa shape index (κ2) is 7.37. The predicted molar refractivity (Wildman–Crippen MR) is 78.1 cm³/mol. The van der Waals surface area contributed by atoms with Gasteiger partial charge in [0.1, 0.15) is 6.26 Å². The Kier molecular flexibility index (Phi) is 6.49. The molecule has 0 spiro atoms. The molecule has 4 heteroatoms. The smallest absolute Gasteiger partial charge is 0.255 e. The van der Waals surface area contributed by atoms with E-state index in [0.717, 1.165) is 22.4 Å². The Bertz CT molecular complexity index is 319. The quantitative estimate of drug-likeness (QED) is 0.554. The van der Waals surface area contributed by atoms with E-state index in [1.807, 2.05) is 6.92 Å². The van der Waals surface area contributed by atoms with Crippen molar-refractivity contribution < 1.29 is 4.42 Å². The molecule has 17 heavy (non-hydrogen) atoms. The van der Waals surface area contributed by atoms with Gasteiger partial charge in [-0.2, -0.15) is 12.6 Å². The average Bonchev–Trinajstić information content (AvgIpc) is 2.73. The summed E-state index contributed by atoms with van der Waals surface area (Å²) in [7, 11) is 0. The van der Waals surface area contributed by atoms with E-state index in [1.54, 1.807) is 18.0 Å². The van der Waals surface area contributed by atoms with Crippen molar-refractivity contribution in [2.45, 2.75) is 51.7 Å². The van der Waals surface area contributed by atoms with Crippen LogP contribution in [0.3, 0.4) is 0 Å². The topological polar surface area (TPSA) is 26.0 Å². The zero-order chi connectivity index (χ0) is 12.7. The highest BCUT2D eigenvalue weighted by molar-refractivity contribution is 7.99. The van der Waals surface area contributed by atoms with Gasteiger partial charge in [-0.1, -0.05) is 38.5 Å². The number of oxazole rings is 1. The molecule has 98 valence electrons. The van der Waals surface area contributed by atoms with Gasteiger partial charge in [-0.15, -0.1) is 0 Å². The summed E-state index contributed by atoms with van der Waals surface area (Å²) < 4.78 is 5.39. The van der Waals surface area contributed by atoms with E-state index < -0.39 is 0 Å². The highest BCUT2D eigenvalue weighted by Crippen LogP contribution is 2.37. The normalized spacial score (nSPS) is 12.0. The molecule has 0 fully saturated rings. The summed E-state index contributed by atoms with van der Waals surface area (Å²) in [4.78, 5) is 4.34. The summed E-state index contributed by atoms with van der Waals surface area (Å²) in [6.45, 7) is 6.44. The van der Waals surface area contributed by atoms with E-state index in [-0.39, 0.29) is 0 Å². The molecule has 0 radical (unpaired) electrons. The zero-order valence-corrected chi connectivity index (χ0v) is 12.7. The molecule has 1 heterocycles. The minimum absolute atomic E-state index is 0.333. The van der Waals surface area contributed by atoms with Gasteiger partial charge in [-0.25, -0.2) is 4.98 Å². The summed E-state index contributed by atoms with van der Waals surface area (Å²) >= 11 is 6.28. The van der Waals surface area contributed by atoms with Crippen molar-refractivity contribution in [3.8, 4) is 0 Å². The largest absolute Gasteiger partial charge is 0.440 e. The van der Waals surface area contributed by atoms with Crippen molar-refractivity contribution in [3.63, 3.8) is 0 Å². The van der Waals surface area contributed by atoms with Crippen molar-refractivity contribution >= 4 is 24.4 Å². The summed E-state index contributed by atoms with van der Waals surface area (Å²) in [5.41, 5.74) is 1.29. The fourth-order valence-corrected chi connectivity index (χ4v) is 3.87. The molecule has 0 aromatic carbocycles. The van der Waals surface area contributed by atoms with E-state index >= 15 is 0 Å². The maximum absolute atomic E-state index is 5.39. The van der Waals surface area contributed by atoms with Crippen LogP contribution in [0.15, 0.2) is 15.9 Å². The third kappa shape index (κ3) is 4.59. The first-order valence-electron chi connectivity index (χ1n) is 6.31. The van der Waals surface area contributed by atoms with Crippen LogP contribution in [0.1, 0.15) is 45.2 Å². The minimum Gasteiger partial charge on any atom is -0.440 e. The highest BCUT2D eigenvalue weighted by atomic mass is 32.2. The van der Waals surface area contributed by atoms with E-state index in [9.17, 15) is 0 Å². The van der Waals surface area contributed by atoms with Crippen LogP contribution in [0.2, 0.25) is 0 Å². The molecule has 0 aliphatic carbocycles. The molecule has 0 saturated carbocycles. The number of hydrogen-bond donors (Lipinski definition) is 1. The van der Waals surface area contributed by atoms with Crippen LogP contribution in [0.25, 0.3) is 0 Å². The summed E-state index contributed by atoms with van der Waals surface area (Å²) in [5, 5.41) is 0.792. The highest BCUT2D eigenvalue weighted by Gasteiger charge is 2.27. The van der Waals surface area contributed by atoms with E-state index in [2.05, 4.69) is 31.5 Å². The minimum atomic E-state index is 0.333. The van der Waals surface area contributed by atoms with Crippen LogP contribution in [0.5, 0.6) is 0 Å². The molecule has 0 aliphatic rings. The maximum Gasteiger partial charge on any atom is 0.255 e. The second-order valence-corrected chi connectivity index (χ2v) is 5.94. The molecule has 1 aromatic rings. The second-order valence-electron chi connectivity index (χ2n) is 4.70. The molecule has 0 N–H and O–H groups in total. The van der Waals surface area contributed by atoms with Crippen molar-refractivity contribution in [2.24, 2.45) is 5.41 Å². The molecule has 0 amide bonds. The lowest BCUT2D eigenvalue weighted by Crippen LogP contribution is -2.25. The first-order chi connectivity index (χ1) is 8.15. The summed E-state index contributed by atoms with van der Waals surface area (Å²) in [6, 6.07) is 0. The van der Waals surface area contributed by atoms with Gasteiger partial charge in [-0.05, 0) is 30.9 Å². The van der Waals surface area contributed by atoms with Crippen molar-refractivity contribution in [1.29, 1.82) is 0 Å². The van der Waals surface area contributed by atoms with Crippen molar-refractivity contribution in [3.05, 3.63) is 12.0 Å². The monoisotopic (exact) mass is 273 g/mol. The lowest BCUT2D eigenvalue weighted by atomic mass is 9.83. The first-order valence-corrected chi connectivity index (χ1v) is 7.93. The standard InChI is InChI=1S/C13H23NOS2/c1-4-6-13(9-16,7-5-2)10-17-12-14-11(3)8-15-12/h8,16H,4-7,9-10H2,1-3H3. The van der Waals surface area contributed by atoms with Gasteiger partial charge in [0, 0.05) is 5.75 Å². The fraction of sp³-hybridized carbons (Fsp3) is 0.769. The molecule has 0 saturated heterocycles. The zero-order valence-electron chi connectivity index (χ0n) is 11.0. The number of thioether (sulfide) groups is 1. The maximum atomic E-state index is 5.39. The molecule has 0 bridgehead atoms. The number of thiol groups is 1. The van der Waals surface area contributed by atoms with Crippen LogP contribution in [0.4, 0.5) is 0 Å². The molecular weight excluding hydrogens is 250 g/mol. The molecule has 1 aromatic heterocycles. The Morgan fingerprint density at radius 2 is 2.00 bits per heavy atom. The Hall–Kier alpha value is -0.0900. The number of hydrogen-bond acceptors (Lipinski definition) is 4. The SMILES string of the molecule is CCCC(CS)(CCC)CSc1nc(C)co1. The Labute approximate surface area is 114 Å². The number of aromatic nitrogens is 1. The molecule has 0 unspecified atom stereocenters. The van der Waals surface area contributed by atoms with Gasteiger partial charge < -0.3 is 4.42 Å². The molecule has 0 aliphatic heterocycles. The van der Waals surface area contributed by atoms with E-state index in [1.165, 1.54) is 25.7 Å². The Morgan fingerprint density at radius 1 is 1.35 bits per heavy atom. The fourth-order valence-electron chi connectivity index (χ4n) is 2.15. The molecule has 1 rings (SSSR count). The van der Waals surface area contributed by atoms with E-state index in [4.69, 9.17) is 4.42 Å². The molecule has 2 nitrogen and oxygen atoms in total. The lowest BCUT2D eigenvalue weighted by Gasteiger charge is -2.31. The third-order valence-corrected chi connectivity index (χ3v) is 4.86. The third-order valence-electron chi connectivity index (χ3n) is 3.00. The van der Waals surface area contributed by atoms with Crippen molar-refractivity contribution in [1.82, 2.24) is 4.98 Å². The van der Waals surface area contributed by atoms with Crippen LogP contribution in [-0.4, -0.2) is 16.5 Å². The van der Waals surface area contributed by atoms with Gasteiger partial charge in [0.25, 0.3) is 5.22 Å². The van der Waals surface area contributed by atoms with Crippen LogP contribution >= 0.6 is 24.4 Å². The Balaban J connectivity index is 2.59. The average molecular weight is 273 g/mol. The van der Waals surface area contributed by atoms with Crippen LogP contribution < -0.4 is 0 Å².